The summed E-state index contributed by atoms with van der Waals surface area (Å²) in [5, 5.41) is 9.92. The summed E-state index contributed by atoms with van der Waals surface area (Å²) in [4.78, 5) is 30.5. The van der Waals surface area contributed by atoms with Gasteiger partial charge in [-0.3, -0.25) is 9.59 Å². The second-order valence-electron chi connectivity index (χ2n) is 6.01. The molecule has 9 nitrogen and oxygen atoms in total. The number of benzene rings is 2. The van der Waals surface area contributed by atoms with Crippen molar-refractivity contribution in [1.82, 2.24) is 25.4 Å². The van der Waals surface area contributed by atoms with E-state index in [0.29, 0.717) is 35.0 Å². The molecule has 0 aliphatic carbocycles. The minimum atomic E-state index is -0.476. The van der Waals surface area contributed by atoms with Gasteiger partial charge in [0.2, 0.25) is 5.91 Å². The Morgan fingerprint density at radius 2 is 1.89 bits per heavy atom. The number of hydrogen-bond acceptors (Lipinski definition) is 6. The molecular weight excluding hydrogens is 360 g/mol. The van der Waals surface area contributed by atoms with Crippen LogP contribution in [0, 0.1) is 0 Å². The zero-order valence-corrected chi connectivity index (χ0v) is 14.9. The summed E-state index contributed by atoms with van der Waals surface area (Å²) >= 11 is 0. The molecule has 4 aromatic rings. The molecule has 9 heteroatoms. The van der Waals surface area contributed by atoms with Crippen LogP contribution in [0.15, 0.2) is 47.3 Å². The predicted octanol–water partition coefficient (Wildman–Crippen LogP) is 1.87. The SMILES string of the molecule is CCOc1cc(-c2ccc(C(N)=O)cc2)ccc1-c1nc2[nH]nnc2c(=O)[nH]1. The number of hydrogen-bond donors (Lipinski definition) is 3. The third kappa shape index (κ3) is 3.09. The molecule has 0 unspecified atom stereocenters. The van der Waals surface area contributed by atoms with Crippen LogP contribution in [-0.4, -0.2) is 37.9 Å². The summed E-state index contributed by atoms with van der Waals surface area (Å²) in [6.07, 6.45) is 0. The minimum absolute atomic E-state index is 0.146. The topological polar surface area (TPSA) is 140 Å². The van der Waals surface area contributed by atoms with Gasteiger partial charge in [-0.25, -0.2) is 10.1 Å². The standard InChI is InChI=1S/C19H16N6O3/c1-2-28-14-9-12(10-3-5-11(6-4-10)16(20)26)7-8-13(14)17-21-18-15(19(27)22-17)23-25-24-18/h3-9H,2H2,1H3,(H2,20,26)(H2,21,22,23,24,25,27). The van der Waals surface area contributed by atoms with Crippen LogP contribution in [0.4, 0.5) is 0 Å². The Morgan fingerprint density at radius 3 is 2.61 bits per heavy atom. The van der Waals surface area contributed by atoms with E-state index in [2.05, 4.69) is 25.4 Å². The van der Waals surface area contributed by atoms with Crippen LogP contribution in [-0.2, 0) is 0 Å². The van der Waals surface area contributed by atoms with Gasteiger partial charge in [-0.2, -0.15) is 0 Å². The summed E-state index contributed by atoms with van der Waals surface area (Å²) in [7, 11) is 0. The zero-order valence-electron chi connectivity index (χ0n) is 14.9. The summed E-state index contributed by atoms with van der Waals surface area (Å²) in [6, 6.07) is 12.5. The van der Waals surface area contributed by atoms with E-state index in [9.17, 15) is 9.59 Å². The molecule has 0 aliphatic rings. The van der Waals surface area contributed by atoms with Crippen LogP contribution in [0.1, 0.15) is 17.3 Å². The quantitative estimate of drug-likeness (QED) is 0.486. The summed E-state index contributed by atoms with van der Waals surface area (Å²) < 4.78 is 5.77. The Hall–Kier alpha value is -4.01. The Labute approximate surface area is 158 Å². The number of H-pyrrole nitrogens is 2. The van der Waals surface area contributed by atoms with E-state index in [0.717, 1.165) is 11.1 Å². The highest BCUT2D eigenvalue weighted by Gasteiger charge is 2.14. The number of ether oxygens (including phenoxy) is 1. The Bertz CT molecular complexity index is 1230. The molecule has 0 radical (unpaired) electrons. The first-order chi connectivity index (χ1) is 13.6. The molecule has 4 rings (SSSR count). The number of carbonyl (C=O) groups excluding carboxylic acids is 1. The van der Waals surface area contributed by atoms with Gasteiger partial charge in [0, 0.05) is 5.56 Å². The summed E-state index contributed by atoms with van der Waals surface area (Å²) in [5.41, 5.74) is 8.20. The first kappa shape index (κ1) is 17.4. The van der Waals surface area contributed by atoms with Crippen molar-refractivity contribution in [2.45, 2.75) is 6.92 Å². The molecule has 0 bridgehead atoms. The Morgan fingerprint density at radius 1 is 1.14 bits per heavy atom. The highest BCUT2D eigenvalue weighted by atomic mass is 16.5. The van der Waals surface area contributed by atoms with Crippen molar-refractivity contribution in [2.75, 3.05) is 6.61 Å². The highest BCUT2D eigenvalue weighted by Crippen LogP contribution is 2.33. The molecule has 0 saturated carbocycles. The number of carbonyl (C=O) groups is 1. The van der Waals surface area contributed by atoms with Crippen molar-refractivity contribution in [3.05, 3.63) is 58.4 Å². The zero-order chi connectivity index (χ0) is 19.7. The van der Waals surface area contributed by atoms with E-state index >= 15 is 0 Å². The molecule has 2 aromatic carbocycles. The maximum atomic E-state index is 12.2. The van der Waals surface area contributed by atoms with E-state index in [-0.39, 0.29) is 11.1 Å². The molecule has 0 fully saturated rings. The molecule has 0 saturated heterocycles. The first-order valence-electron chi connectivity index (χ1n) is 8.55. The lowest BCUT2D eigenvalue weighted by molar-refractivity contribution is 0.100. The largest absolute Gasteiger partial charge is 0.493 e. The Kier molecular flexibility index (Phi) is 4.32. The van der Waals surface area contributed by atoms with Crippen molar-refractivity contribution in [1.29, 1.82) is 0 Å². The fraction of sp³-hybridized carbons (Fsp3) is 0.105. The monoisotopic (exact) mass is 376 g/mol. The van der Waals surface area contributed by atoms with Gasteiger partial charge in [0.05, 0.1) is 12.2 Å². The van der Waals surface area contributed by atoms with Crippen LogP contribution in [0.2, 0.25) is 0 Å². The predicted molar refractivity (Wildman–Crippen MR) is 103 cm³/mol. The van der Waals surface area contributed by atoms with E-state index in [1.54, 1.807) is 12.1 Å². The van der Waals surface area contributed by atoms with E-state index in [1.807, 2.05) is 37.3 Å². The highest BCUT2D eigenvalue weighted by molar-refractivity contribution is 5.93. The summed E-state index contributed by atoms with van der Waals surface area (Å²) in [6.45, 7) is 2.31. The molecule has 0 aliphatic heterocycles. The van der Waals surface area contributed by atoms with Crippen LogP contribution < -0.4 is 16.0 Å². The number of nitrogens with zero attached hydrogens (tertiary/aromatic N) is 3. The first-order valence-corrected chi connectivity index (χ1v) is 8.55. The van der Waals surface area contributed by atoms with Crippen molar-refractivity contribution in [3.63, 3.8) is 0 Å². The molecule has 2 heterocycles. The fourth-order valence-corrected chi connectivity index (χ4v) is 2.89. The normalized spacial score (nSPS) is 10.9. The average Bonchev–Trinajstić information content (AvgIpc) is 3.17. The number of rotatable bonds is 5. The van der Waals surface area contributed by atoms with Crippen molar-refractivity contribution in [2.24, 2.45) is 5.73 Å². The molecule has 0 spiro atoms. The van der Waals surface area contributed by atoms with Gasteiger partial charge in [-0.05, 0) is 42.3 Å². The van der Waals surface area contributed by atoms with Crippen LogP contribution in [0.3, 0.4) is 0 Å². The number of nitrogens with one attached hydrogen (secondary N) is 2. The van der Waals surface area contributed by atoms with Gasteiger partial charge in [0.25, 0.3) is 5.56 Å². The maximum absolute atomic E-state index is 12.2. The molecule has 1 amide bonds. The second-order valence-corrected chi connectivity index (χ2v) is 6.01. The molecule has 4 N–H and O–H groups in total. The minimum Gasteiger partial charge on any atom is -0.493 e. The Balaban J connectivity index is 1.80. The van der Waals surface area contributed by atoms with Gasteiger partial charge >= 0.3 is 0 Å². The number of primary amides is 1. The molecule has 28 heavy (non-hydrogen) atoms. The summed E-state index contributed by atoms with van der Waals surface area (Å²) in [5.74, 6) is 0.437. The average molecular weight is 376 g/mol. The number of fused-ring (bicyclic) bond motifs is 1. The lowest BCUT2D eigenvalue weighted by atomic mass is 10.0. The lowest BCUT2D eigenvalue weighted by Gasteiger charge is -2.12. The van der Waals surface area contributed by atoms with Crippen LogP contribution >= 0.6 is 0 Å². The van der Waals surface area contributed by atoms with Crippen LogP contribution in [0.25, 0.3) is 33.7 Å². The van der Waals surface area contributed by atoms with Crippen molar-refractivity contribution >= 4 is 17.1 Å². The molecule has 140 valence electrons. The van der Waals surface area contributed by atoms with E-state index < -0.39 is 5.91 Å². The second kappa shape index (κ2) is 6.95. The lowest BCUT2D eigenvalue weighted by Crippen LogP contribution is -2.10. The fourth-order valence-electron chi connectivity index (χ4n) is 2.89. The van der Waals surface area contributed by atoms with Crippen LogP contribution in [0.5, 0.6) is 5.75 Å². The van der Waals surface area contributed by atoms with E-state index in [4.69, 9.17) is 10.5 Å². The third-order valence-electron chi connectivity index (χ3n) is 4.24. The smallest absolute Gasteiger partial charge is 0.281 e. The van der Waals surface area contributed by atoms with Gasteiger partial charge in [0.15, 0.2) is 11.2 Å². The maximum Gasteiger partial charge on any atom is 0.281 e. The number of aromatic nitrogens is 5. The van der Waals surface area contributed by atoms with Gasteiger partial charge in [-0.1, -0.05) is 23.4 Å². The van der Waals surface area contributed by atoms with Gasteiger partial charge < -0.3 is 15.5 Å². The molecule has 2 aromatic heterocycles. The molecular formula is C19H16N6O3. The third-order valence-corrected chi connectivity index (χ3v) is 4.24. The van der Waals surface area contributed by atoms with Crippen molar-refractivity contribution < 1.29 is 9.53 Å². The number of aromatic amines is 2. The van der Waals surface area contributed by atoms with Gasteiger partial charge in [0.1, 0.15) is 11.6 Å². The van der Waals surface area contributed by atoms with Gasteiger partial charge in [-0.15, -0.1) is 5.10 Å². The van der Waals surface area contributed by atoms with E-state index in [1.165, 1.54) is 0 Å². The number of amides is 1. The molecule has 0 atom stereocenters. The van der Waals surface area contributed by atoms with Crippen molar-refractivity contribution in [3.8, 4) is 28.3 Å². The number of nitrogens with two attached hydrogens (primary N) is 1.